The van der Waals surface area contributed by atoms with Crippen molar-refractivity contribution < 1.29 is 15.0 Å². The molecule has 0 fully saturated rings. The molecule has 0 bridgehead atoms. The molecule has 0 heterocycles. The van der Waals surface area contributed by atoms with Crippen LogP contribution in [0.3, 0.4) is 0 Å². The molecular formula is C21H21NO3. The first kappa shape index (κ1) is 17.0. The van der Waals surface area contributed by atoms with Gasteiger partial charge >= 0.3 is 6.09 Å². The minimum absolute atomic E-state index is 0.212. The van der Waals surface area contributed by atoms with Gasteiger partial charge in [-0.25, -0.2) is 4.79 Å². The van der Waals surface area contributed by atoms with Crippen molar-refractivity contribution >= 4 is 16.9 Å². The number of hydrogen-bond donors (Lipinski definition) is 2. The lowest BCUT2D eigenvalue weighted by Gasteiger charge is -2.27. The van der Waals surface area contributed by atoms with Gasteiger partial charge in [0.25, 0.3) is 0 Å². The van der Waals surface area contributed by atoms with Crippen molar-refractivity contribution in [3.05, 3.63) is 83.9 Å². The van der Waals surface area contributed by atoms with E-state index in [1.807, 2.05) is 72.8 Å². The highest BCUT2D eigenvalue weighted by Gasteiger charge is 2.26. The lowest BCUT2D eigenvalue weighted by molar-refractivity contribution is 0.113. The Morgan fingerprint density at radius 1 is 0.920 bits per heavy atom. The quantitative estimate of drug-likeness (QED) is 0.732. The van der Waals surface area contributed by atoms with Gasteiger partial charge in [0.1, 0.15) is 0 Å². The van der Waals surface area contributed by atoms with E-state index >= 15 is 0 Å². The van der Waals surface area contributed by atoms with E-state index in [-0.39, 0.29) is 12.5 Å². The minimum Gasteiger partial charge on any atom is -0.465 e. The van der Waals surface area contributed by atoms with Gasteiger partial charge in [0, 0.05) is 19.5 Å². The molecule has 3 aromatic rings. The second-order valence-electron chi connectivity index (χ2n) is 6.23. The smallest absolute Gasteiger partial charge is 0.407 e. The zero-order chi connectivity index (χ0) is 17.8. The van der Waals surface area contributed by atoms with Gasteiger partial charge in [0.05, 0.1) is 6.10 Å². The van der Waals surface area contributed by atoms with Gasteiger partial charge in [0.2, 0.25) is 0 Å². The molecule has 0 aromatic heterocycles. The number of carboxylic acid groups (broad SMARTS) is 1. The van der Waals surface area contributed by atoms with Crippen LogP contribution in [-0.2, 0) is 0 Å². The van der Waals surface area contributed by atoms with E-state index in [4.69, 9.17) is 0 Å². The molecule has 2 atom stereocenters. The van der Waals surface area contributed by atoms with Crippen molar-refractivity contribution in [3.8, 4) is 0 Å². The Balaban J connectivity index is 2.00. The molecule has 0 aliphatic rings. The van der Waals surface area contributed by atoms with Crippen LogP contribution in [0, 0.1) is 0 Å². The number of rotatable bonds is 5. The molecule has 0 aliphatic heterocycles. The lowest BCUT2D eigenvalue weighted by atomic mass is 9.87. The summed E-state index contributed by atoms with van der Waals surface area (Å²) >= 11 is 0. The van der Waals surface area contributed by atoms with Gasteiger partial charge in [0.15, 0.2) is 0 Å². The second kappa shape index (κ2) is 7.36. The molecule has 2 N–H and O–H groups in total. The molecule has 128 valence electrons. The van der Waals surface area contributed by atoms with Crippen molar-refractivity contribution in [2.75, 3.05) is 13.6 Å². The van der Waals surface area contributed by atoms with E-state index in [1.54, 1.807) is 0 Å². The summed E-state index contributed by atoms with van der Waals surface area (Å²) < 4.78 is 0. The number of aliphatic hydroxyl groups is 1. The fourth-order valence-corrected chi connectivity index (χ4v) is 3.08. The van der Waals surface area contributed by atoms with Crippen LogP contribution in [0.1, 0.15) is 23.1 Å². The Kier molecular flexibility index (Phi) is 5.00. The number of carbonyl (C=O) groups is 1. The third-order valence-corrected chi connectivity index (χ3v) is 4.52. The first-order chi connectivity index (χ1) is 12.1. The number of fused-ring (bicyclic) bond motifs is 1. The third-order valence-electron chi connectivity index (χ3n) is 4.52. The Bertz CT molecular complexity index is 863. The van der Waals surface area contributed by atoms with E-state index in [9.17, 15) is 15.0 Å². The summed E-state index contributed by atoms with van der Waals surface area (Å²) in [7, 11) is 1.52. The maximum absolute atomic E-state index is 11.3. The number of nitrogens with zero attached hydrogens (tertiary/aromatic N) is 1. The first-order valence-corrected chi connectivity index (χ1v) is 8.22. The van der Waals surface area contributed by atoms with Crippen molar-refractivity contribution in [1.82, 2.24) is 4.90 Å². The van der Waals surface area contributed by atoms with Gasteiger partial charge in [-0.1, -0.05) is 72.8 Å². The Morgan fingerprint density at radius 3 is 2.24 bits per heavy atom. The SMILES string of the molecule is CN(CC(c1ccc2ccccc2c1)[C@H](O)c1ccccc1)C(=O)O. The maximum atomic E-state index is 11.3. The van der Waals surface area contributed by atoms with Crippen LogP contribution in [0.25, 0.3) is 10.8 Å². The van der Waals surface area contributed by atoms with Crippen LogP contribution in [0.5, 0.6) is 0 Å². The largest absolute Gasteiger partial charge is 0.465 e. The molecule has 1 unspecified atom stereocenters. The summed E-state index contributed by atoms with van der Waals surface area (Å²) in [5.41, 5.74) is 1.70. The summed E-state index contributed by atoms with van der Waals surface area (Å²) in [4.78, 5) is 12.5. The average molecular weight is 335 g/mol. The molecule has 3 rings (SSSR count). The summed E-state index contributed by atoms with van der Waals surface area (Å²) in [5, 5.41) is 22.4. The normalized spacial score (nSPS) is 13.4. The predicted molar refractivity (Wildman–Crippen MR) is 98.7 cm³/mol. The van der Waals surface area contributed by atoms with E-state index in [1.165, 1.54) is 11.9 Å². The topological polar surface area (TPSA) is 60.8 Å². The van der Waals surface area contributed by atoms with E-state index in [2.05, 4.69) is 0 Å². The monoisotopic (exact) mass is 335 g/mol. The lowest BCUT2D eigenvalue weighted by Crippen LogP contribution is -2.32. The third kappa shape index (κ3) is 3.80. The van der Waals surface area contributed by atoms with Crippen LogP contribution in [0.2, 0.25) is 0 Å². The zero-order valence-corrected chi connectivity index (χ0v) is 14.0. The fourth-order valence-electron chi connectivity index (χ4n) is 3.08. The van der Waals surface area contributed by atoms with Crippen LogP contribution in [0.15, 0.2) is 72.8 Å². The van der Waals surface area contributed by atoms with Gasteiger partial charge in [-0.2, -0.15) is 0 Å². The second-order valence-corrected chi connectivity index (χ2v) is 6.23. The highest BCUT2D eigenvalue weighted by atomic mass is 16.4. The molecule has 0 saturated carbocycles. The average Bonchev–Trinajstić information content (AvgIpc) is 2.65. The van der Waals surface area contributed by atoms with Crippen molar-refractivity contribution in [3.63, 3.8) is 0 Å². The summed E-state index contributed by atoms with van der Waals surface area (Å²) in [5.74, 6) is -0.354. The molecule has 4 heteroatoms. The summed E-state index contributed by atoms with van der Waals surface area (Å²) in [6.07, 6.45) is -1.80. The molecule has 0 saturated heterocycles. The number of hydrogen-bond acceptors (Lipinski definition) is 2. The Hall–Kier alpha value is -2.85. The molecule has 3 aromatic carbocycles. The molecule has 0 spiro atoms. The molecule has 25 heavy (non-hydrogen) atoms. The maximum Gasteiger partial charge on any atom is 0.407 e. The molecule has 4 nitrogen and oxygen atoms in total. The van der Waals surface area contributed by atoms with Crippen LogP contribution >= 0.6 is 0 Å². The highest BCUT2D eigenvalue weighted by Crippen LogP contribution is 2.33. The summed E-state index contributed by atoms with van der Waals surface area (Å²) in [6, 6.07) is 23.4. The van der Waals surface area contributed by atoms with Crippen molar-refractivity contribution in [1.29, 1.82) is 0 Å². The van der Waals surface area contributed by atoms with Crippen LogP contribution < -0.4 is 0 Å². The number of amides is 1. The molecule has 0 radical (unpaired) electrons. The van der Waals surface area contributed by atoms with E-state index < -0.39 is 12.2 Å². The number of benzene rings is 3. The minimum atomic E-state index is -1.01. The van der Waals surface area contributed by atoms with Crippen LogP contribution in [-0.4, -0.2) is 34.8 Å². The molecular weight excluding hydrogens is 314 g/mol. The summed E-state index contributed by atoms with van der Waals surface area (Å²) in [6.45, 7) is 0.212. The van der Waals surface area contributed by atoms with Crippen molar-refractivity contribution in [2.45, 2.75) is 12.0 Å². The predicted octanol–water partition coefficient (Wildman–Crippen LogP) is 4.27. The first-order valence-electron chi connectivity index (χ1n) is 8.22. The fraction of sp³-hybridized carbons (Fsp3) is 0.190. The van der Waals surface area contributed by atoms with Gasteiger partial charge in [-0.15, -0.1) is 0 Å². The Morgan fingerprint density at radius 2 is 1.56 bits per heavy atom. The number of aliphatic hydroxyl groups excluding tert-OH is 1. The van der Waals surface area contributed by atoms with E-state index in [0.717, 1.165) is 21.9 Å². The van der Waals surface area contributed by atoms with Gasteiger partial charge < -0.3 is 15.1 Å². The highest BCUT2D eigenvalue weighted by molar-refractivity contribution is 5.83. The van der Waals surface area contributed by atoms with Gasteiger partial charge in [-0.05, 0) is 21.9 Å². The van der Waals surface area contributed by atoms with E-state index in [0.29, 0.717) is 0 Å². The van der Waals surface area contributed by atoms with Crippen molar-refractivity contribution in [2.24, 2.45) is 0 Å². The van der Waals surface area contributed by atoms with Gasteiger partial charge in [-0.3, -0.25) is 0 Å². The molecule has 1 amide bonds. The molecule has 0 aliphatic carbocycles. The van der Waals surface area contributed by atoms with Crippen LogP contribution in [0.4, 0.5) is 4.79 Å². The Labute approximate surface area is 147 Å². The number of likely N-dealkylation sites (N-methyl/N-ethyl adjacent to an activating group) is 1. The standard InChI is InChI=1S/C21H21NO3/c1-22(21(24)25)14-19(20(23)16-8-3-2-4-9-16)18-12-11-15-7-5-6-10-17(15)13-18/h2-13,19-20,23H,14H2,1H3,(H,24,25)/t19?,20-/m1/s1. The zero-order valence-electron chi connectivity index (χ0n) is 14.0.